The first kappa shape index (κ1) is 9.96. The first-order valence-corrected chi connectivity index (χ1v) is 4.94. The molecular weight excluding hydrogens is 150 g/mol. The molecule has 1 fully saturated rings. The fourth-order valence-corrected chi connectivity index (χ4v) is 1.58. The molecule has 0 saturated carbocycles. The van der Waals surface area contributed by atoms with Crippen LogP contribution in [0.15, 0.2) is 0 Å². The van der Waals surface area contributed by atoms with Crippen LogP contribution in [0, 0.1) is 0 Å². The normalized spacial score (nSPS) is 28.8. The molecule has 0 radical (unpaired) electrons. The van der Waals surface area contributed by atoms with Crippen molar-refractivity contribution in [1.82, 2.24) is 10.2 Å². The van der Waals surface area contributed by atoms with Gasteiger partial charge in [0.1, 0.15) is 0 Å². The lowest BCUT2D eigenvalue weighted by molar-refractivity contribution is 0.163. The molecule has 0 spiro atoms. The van der Waals surface area contributed by atoms with Gasteiger partial charge in [0.15, 0.2) is 0 Å². The number of nitrogens with zero attached hydrogens (tertiary/aromatic N) is 1. The van der Waals surface area contributed by atoms with Crippen molar-refractivity contribution in [3.05, 3.63) is 0 Å². The third kappa shape index (κ3) is 2.73. The minimum atomic E-state index is 0.352. The average molecular weight is 171 g/mol. The standard InChI is InChI=1S/C9H21N3/c1-3-9(10)7-12-5-4-11-6-8(12)2/h8-9,11H,3-7,10H2,1-2H3/t8-,9+/m1/s1. The van der Waals surface area contributed by atoms with Gasteiger partial charge in [0.05, 0.1) is 0 Å². The van der Waals surface area contributed by atoms with Gasteiger partial charge in [-0.1, -0.05) is 6.92 Å². The van der Waals surface area contributed by atoms with Crippen LogP contribution in [0.3, 0.4) is 0 Å². The molecule has 1 saturated heterocycles. The fraction of sp³-hybridized carbons (Fsp3) is 1.00. The zero-order valence-corrected chi connectivity index (χ0v) is 8.21. The highest BCUT2D eigenvalue weighted by Crippen LogP contribution is 2.03. The summed E-state index contributed by atoms with van der Waals surface area (Å²) in [6.45, 7) is 8.83. The van der Waals surface area contributed by atoms with Gasteiger partial charge in [-0.05, 0) is 13.3 Å². The maximum absolute atomic E-state index is 5.90. The van der Waals surface area contributed by atoms with E-state index in [1.165, 1.54) is 0 Å². The summed E-state index contributed by atoms with van der Waals surface area (Å²) in [5, 5.41) is 3.37. The minimum absolute atomic E-state index is 0.352. The highest BCUT2D eigenvalue weighted by molar-refractivity contribution is 4.78. The quantitative estimate of drug-likeness (QED) is 0.629. The SMILES string of the molecule is CC[C@H](N)CN1CCNC[C@H]1C. The molecule has 3 N–H and O–H groups in total. The molecule has 1 rings (SSSR count). The zero-order valence-electron chi connectivity index (χ0n) is 8.21. The van der Waals surface area contributed by atoms with Gasteiger partial charge in [-0.25, -0.2) is 0 Å². The second kappa shape index (κ2) is 4.80. The molecular formula is C9H21N3. The van der Waals surface area contributed by atoms with Crippen LogP contribution in [-0.4, -0.2) is 43.2 Å². The monoisotopic (exact) mass is 171 g/mol. The second-order valence-corrected chi connectivity index (χ2v) is 3.72. The van der Waals surface area contributed by atoms with Crippen LogP contribution in [0.5, 0.6) is 0 Å². The largest absolute Gasteiger partial charge is 0.327 e. The summed E-state index contributed by atoms with van der Waals surface area (Å²) in [4.78, 5) is 2.48. The Bertz CT molecular complexity index is 127. The molecule has 0 aromatic rings. The van der Waals surface area contributed by atoms with Crippen molar-refractivity contribution in [3.63, 3.8) is 0 Å². The number of rotatable bonds is 3. The predicted molar refractivity (Wildman–Crippen MR) is 52.2 cm³/mol. The molecule has 0 aliphatic carbocycles. The van der Waals surface area contributed by atoms with Crippen molar-refractivity contribution < 1.29 is 0 Å². The molecule has 3 heteroatoms. The first-order valence-electron chi connectivity index (χ1n) is 4.94. The number of nitrogens with one attached hydrogen (secondary N) is 1. The summed E-state index contributed by atoms with van der Waals surface area (Å²) in [6, 6.07) is 1.00. The summed E-state index contributed by atoms with van der Waals surface area (Å²) in [7, 11) is 0. The molecule has 0 amide bonds. The second-order valence-electron chi connectivity index (χ2n) is 3.72. The average Bonchev–Trinajstić information content (AvgIpc) is 2.09. The van der Waals surface area contributed by atoms with E-state index in [4.69, 9.17) is 5.73 Å². The lowest BCUT2D eigenvalue weighted by Gasteiger charge is -2.35. The molecule has 72 valence electrons. The van der Waals surface area contributed by atoms with Crippen LogP contribution in [0.2, 0.25) is 0 Å². The highest BCUT2D eigenvalue weighted by atomic mass is 15.2. The van der Waals surface area contributed by atoms with Gasteiger partial charge >= 0.3 is 0 Å². The van der Waals surface area contributed by atoms with Gasteiger partial charge in [-0.3, -0.25) is 4.90 Å². The number of nitrogens with two attached hydrogens (primary N) is 1. The Kier molecular flexibility index (Phi) is 3.98. The van der Waals surface area contributed by atoms with E-state index in [-0.39, 0.29) is 0 Å². The summed E-state index contributed by atoms with van der Waals surface area (Å²) < 4.78 is 0. The first-order chi connectivity index (χ1) is 5.74. The lowest BCUT2D eigenvalue weighted by atomic mass is 10.1. The smallest absolute Gasteiger partial charge is 0.0193 e. The van der Waals surface area contributed by atoms with E-state index in [1.807, 2.05) is 0 Å². The van der Waals surface area contributed by atoms with Crippen molar-refractivity contribution in [2.24, 2.45) is 5.73 Å². The van der Waals surface area contributed by atoms with Gasteiger partial charge in [-0.2, -0.15) is 0 Å². The van der Waals surface area contributed by atoms with Gasteiger partial charge in [0.25, 0.3) is 0 Å². The van der Waals surface area contributed by atoms with Gasteiger partial charge < -0.3 is 11.1 Å². The molecule has 0 bridgehead atoms. The van der Waals surface area contributed by atoms with Gasteiger partial charge in [0, 0.05) is 38.3 Å². The Balaban J connectivity index is 2.28. The number of hydrogen-bond donors (Lipinski definition) is 2. The van der Waals surface area contributed by atoms with Crippen molar-refractivity contribution in [2.75, 3.05) is 26.2 Å². The van der Waals surface area contributed by atoms with E-state index in [2.05, 4.69) is 24.1 Å². The minimum Gasteiger partial charge on any atom is -0.327 e. The van der Waals surface area contributed by atoms with E-state index < -0.39 is 0 Å². The topological polar surface area (TPSA) is 41.3 Å². The lowest BCUT2D eigenvalue weighted by Crippen LogP contribution is -2.53. The molecule has 0 unspecified atom stereocenters. The van der Waals surface area contributed by atoms with E-state index in [0.717, 1.165) is 32.6 Å². The van der Waals surface area contributed by atoms with Crippen LogP contribution >= 0.6 is 0 Å². The van der Waals surface area contributed by atoms with Crippen LogP contribution < -0.4 is 11.1 Å². The third-order valence-corrected chi connectivity index (χ3v) is 2.63. The Labute approximate surface area is 75.3 Å². The Hall–Kier alpha value is -0.120. The van der Waals surface area contributed by atoms with Crippen molar-refractivity contribution in [1.29, 1.82) is 0 Å². The van der Waals surface area contributed by atoms with E-state index >= 15 is 0 Å². The predicted octanol–water partition coefficient (Wildman–Crippen LogP) is 0.0174. The van der Waals surface area contributed by atoms with Gasteiger partial charge in [-0.15, -0.1) is 0 Å². The zero-order chi connectivity index (χ0) is 8.97. The Morgan fingerprint density at radius 2 is 2.42 bits per heavy atom. The molecule has 1 aliphatic heterocycles. The molecule has 12 heavy (non-hydrogen) atoms. The third-order valence-electron chi connectivity index (χ3n) is 2.63. The maximum atomic E-state index is 5.90. The Morgan fingerprint density at radius 1 is 1.67 bits per heavy atom. The Morgan fingerprint density at radius 3 is 3.00 bits per heavy atom. The van der Waals surface area contributed by atoms with Crippen molar-refractivity contribution >= 4 is 0 Å². The van der Waals surface area contributed by atoms with E-state index in [0.29, 0.717) is 12.1 Å². The van der Waals surface area contributed by atoms with E-state index in [9.17, 15) is 0 Å². The fourth-order valence-electron chi connectivity index (χ4n) is 1.58. The molecule has 0 aromatic heterocycles. The van der Waals surface area contributed by atoms with Crippen LogP contribution in [0.1, 0.15) is 20.3 Å². The van der Waals surface area contributed by atoms with Crippen molar-refractivity contribution in [2.45, 2.75) is 32.4 Å². The number of hydrogen-bond acceptors (Lipinski definition) is 3. The maximum Gasteiger partial charge on any atom is 0.0193 e. The van der Waals surface area contributed by atoms with Crippen LogP contribution in [-0.2, 0) is 0 Å². The summed E-state index contributed by atoms with van der Waals surface area (Å²) in [5.41, 5.74) is 5.90. The van der Waals surface area contributed by atoms with Crippen molar-refractivity contribution in [3.8, 4) is 0 Å². The summed E-state index contributed by atoms with van der Waals surface area (Å²) in [6.07, 6.45) is 1.08. The molecule has 1 aliphatic rings. The molecule has 2 atom stereocenters. The van der Waals surface area contributed by atoms with Crippen LogP contribution in [0.4, 0.5) is 0 Å². The molecule has 3 nitrogen and oxygen atoms in total. The summed E-state index contributed by atoms with van der Waals surface area (Å²) >= 11 is 0. The van der Waals surface area contributed by atoms with Crippen LogP contribution in [0.25, 0.3) is 0 Å². The summed E-state index contributed by atoms with van der Waals surface area (Å²) in [5.74, 6) is 0. The molecule has 0 aromatic carbocycles. The number of piperazine rings is 1. The van der Waals surface area contributed by atoms with Gasteiger partial charge in [0.2, 0.25) is 0 Å². The van der Waals surface area contributed by atoms with E-state index in [1.54, 1.807) is 0 Å². The molecule has 1 heterocycles. The highest BCUT2D eigenvalue weighted by Gasteiger charge is 2.18.